The van der Waals surface area contributed by atoms with E-state index in [1.165, 1.54) is 11.1 Å². The molecule has 3 rings (SSSR count). The van der Waals surface area contributed by atoms with Gasteiger partial charge in [0.15, 0.2) is 0 Å². The van der Waals surface area contributed by atoms with Crippen molar-refractivity contribution >= 4 is 5.91 Å². The van der Waals surface area contributed by atoms with Crippen molar-refractivity contribution in [1.29, 1.82) is 0 Å². The lowest BCUT2D eigenvalue weighted by molar-refractivity contribution is -0.132. The highest BCUT2D eigenvalue weighted by atomic mass is 16.2. The molecule has 1 aromatic rings. The number of nitrogens with one attached hydrogen (secondary N) is 2. The fourth-order valence-corrected chi connectivity index (χ4v) is 3.19. The second kappa shape index (κ2) is 6.37. The molecular weight excluding hydrogens is 250 g/mol. The van der Waals surface area contributed by atoms with Gasteiger partial charge in [-0.2, -0.15) is 0 Å². The molecule has 1 atom stereocenters. The zero-order valence-corrected chi connectivity index (χ0v) is 11.9. The van der Waals surface area contributed by atoms with Gasteiger partial charge in [0.05, 0.1) is 0 Å². The summed E-state index contributed by atoms with van der Waals surface area (Å²) in [6.45, 7) is 4.58. The van der Waals surface area contributed by atoms with Crippen molar-refractivity contribution in [2.45, 2.75) is 25.3 Å². The van der Waals surface area contributed by atoms with Crippen molar-refractivity contribution in [2.24, 2.45) is 0 Å². The molecule has 0 aromatic heterocycles. The molecule has 2 aliphatic heterocycles. The Bertz CT molecular complexity index is 469. The summed E-state index contributed by atoms with van der Waals surface area (Å²) in [7, 11) is 0. The quantitative estimate of drug-likeness (QED) is 0.866. The van der Waals surface area contributed by atoms with Crippen molar-refractivity contribution in [2.75, 3.05) is 32.7 Å². The topological polar surface area (TPSA) is 44.4 Å². The Morgan fingerprint density at radius 1 is 1.20 bits per heavy atom. The van der Waals surface area contributed by atoms with E-state index in [-0.39, 0.29) is 0 Å². The van der Waals surface area contributed by atoms with Crippen molar-refractivity contribution < 1.29 is 4.79 Å². The molecule has 1 amide bonds. The van der Waals surface area contributed by atoms with E-state index in [0.717, 1.165) is 45.6 Å². The van der Waals surface area contributed by atoms with Crippen LogP contribution in [0.3, 0.4) is 0 Å². The number of nitrogens with zero attached hydrogens (tertiary/aromatic N) is 1. The number of benzene rings is 1. The predicted molar refractivity (Wildman–Crippen MR) is 79.6 cm³/mol. The molecule has 0 aliphatic carbocycles. The summed E-state index contributed by atoms with van der Waals surface area (Å²) >= 11 is 0. The Balaban J connectivity index is 1.57. The Kier molecular flexibility index (Phi) is 4.33. The summed E-state index contributed by atoms with van der Waals surface area (Å²) in [5, 5.41) is 6.83. The highest BCUT2D eigenvalue weighted by Gasteiger charge is 2.22. The second-order valence-electron chi connectivity index (χ2n) is 5.62. The smallest absolute Gasteiger partial charge is 0.222 e. The highest BCUT2D eigenvalue weighted by Crippen LogP contribution is 2.26. The molecule has 2 heterocycles. The van der Waals surface area contributed by atoms with Crippen LogP contribution in [0.1, 0.15) is 30.0 Å². The summed E-state index contributed by atoms with van der Waals surface area (Å²) in [6, 6.07) is 8.94. The molecule has 1 aromatic carbocycles. The van der Waals surface area contributed by atoms with Crippen LogP contribution in [0.4, 0.5) is 0 Å². The fraction of sp³-hybridized carbons (Fsp3) is 0.562. The zero-order valence-electron chi connectivity index (χ0n) is 11.9. The maximum atomic E-state index is 12.2. The van der Waals surface area contributed by atoms with Gasteiger partial charge in [0.25, 0.3) is 0 Å². The maximum absolute atomic E-state index is 12.2. The minimum Gasteiger partial charge on any atom is -0.340 e. The minimum atomic E-state index is 0.302. The monoisotopic (exact) mass is 273 g/mol. The predicted octanol–water partition coefficient (Wildman–Crippen LogP) is 1.09. The number of carbonyl (C=O) groups excluding carboxylic acids is 1. The minimum absolute atomic E-state index is 0.302. The van der Waals surface area contributed by atoms with Crippen molar-refractivity contribution in [1.82, 2.24) is 15.5 Å². The number of hydrogen-bond donors (Lipinski definition) is 2. The summed E-state index contributed by atoms with van der Waals surface area (Å²) in [5.41, 5.74) is 2.82. The maximum Gasteiger partial charge on any atom is 0.222 e. The molecule has 20 heavy (non-hydrogen) atoms. The van der Waals surface area contributed by atoms with Crippen molar-refractivity contribution in [3.8, 4) is 0 Å². The van der Waals surface area contributed by atoms with E-state index in [4.69, 9.17) is 0 Å². The third-order valence-corrected chi connectivity index (χ3v) is 4.33. The third-order valence-electron chi connectivity index (χ3n) is 4.33. The Hall–Kier alpha value is -1.39. The fourth-order valence-electron chi connectivity index (χ4n) is 3.19. The van der Waals surface area contributed by atoms with Gasteiger partial charge in [-0.1, -0.05) is 24.3 Å². The summed E-state index contributed by atoms with van der Waals surface area (Å²) < 4.78 is 0. The first-order valence-corrected chi connectivity index (χ1v) is 7.64. The lowest BCUT2D eigenvalue weighted by atomic mass is 9.91. The van der Waals surface area contributed by atoms with Crippen LogP contribution in [0.2, 0.25) is 0 Å². The van der Waals surface area contributed by atoms with Gasteiger partial charge in [0.1, 0.15) is 0 Å². The van der Waals surface area contributed by atoms with Gasteiger partial charge in [-0.15, -0.1) is 0 Å². The standard InChI is InChI=1S/C16H23N3O/c20-16(19-11-9-17-10-12-19)6-5-15-14-4-2-1-3-13(14)7-8-18-15/h1-4,15,17-18H,5-12H2. The number of rotatable bonds is 3. The van der Waals surface area contributed by atoms with Gasteiger partial charge in [-0.05, 0) is 30.5 Å². The van der Waals surface area contributed by atoms with E-state index >= 15 is 0 Å². The van der Waals surface area contributed by atoms with E-state index in [2.05, 4.69) is 34.9 Å². The van der Waals surface area contributed by atoms with Gasteiger partial charge in [-0.3, -0.25) is 4.79 Å². The largest absolute Gasteiger partial charge is 0.340 e. The number of piperazine rings is 1. The van der Waals surface area contributed by atoms with Crippen molar-refractivity contribution in [3.63, 3.8) is 0 Å². The van der Waals surface area contributed by atoms with E-state index in [1.54, 1.807) is 0 Å². The molecule has 0 radical (unpaired) electrons. The molecule has 0 spiro atoms. The van der Waals surface area contributed by atoms with E-state index in [1.807, 2.05) is 4.90 Å². The average molecular weight is 273 g/mol. The Morgan fingerprint density at radius 3 is 2.85 bits per heavy atom. The van der Waals surface area contributed by atoms with Crippen LogP contribution in [-0.4, -0.2) is 43.5 Å². The van der Waals surface area contributed by atoms with Gasteiger partial charge in [0, 0.05) is 38.6 Å². The van der Waals surface area contributed by atoms with Crippen LogP contribution in [0.5, 0.6) is 0 Å². The average Bonchev–Trinajstić information content (AvgIpc) is 2.53. The van der Waals surface area contributed by atoms with Gasteiger partial charge >= 0.3 is 0 Å². The second-order valence-corrected chi connectivity index (χ2v) is 5.62. The normalized spacial score (nSPS) is 22.4. The first kappa shape index (κ1) is 13.6. The van der Waals surface area contributed by atoms with Gasteiger partial charge in [0.2, 0.25) is 5.91 Å². The molecule has 1 saturated heterocycles. The van der Waals surface area contributed by atoms with E-state index < -0.39 is 0 Å². The molecular formula is C16H23N3O. The summed E-state index contributed by atoms with van der Waals surface area (Å²) in [5.74, 6) is 0.302. The number of amides is 1. The molecule has 2 aliphatic rings. The van der Waals surface area contributed by atoms with Crippen LogP contribution in [0.25, 0.3) is 0 Å². The number of fused-ring (bicyclic) bond motifs is 1. The van der Waals surface area contributed by atoms with Crippen LogP contribution in [0, 0.1) is 0 Å². The number of carbonyl (C=O) groups is 1. The molecule has 0 bridgehead atoms. The first-order chi connectivity index (χ1) is 9.84. The highest BCUT2D eigenvalue weighted by molar-refractivity contribution is 5.76. The van der Waals surface area contributed by atoms with Crippen LogP contribution < -0.4 is 10.6 Å². The summed E-state index contributed by atoms with van der Waals surface area (Å²) in [4.78, 5) is 14.2. The Labute approximate surface area is 120 Å². The molecule has 0 saturated carbocycles. The van der Waals surface area contributed by atoms with Crippen LogP contribution >= 0.6 is 0 Å². The molecule has 4 nitrogen and oxygen atoms in total. The van der Waals surface area contributed by atoms with Crippen LogP contribution in [0.15, 0.2) is 24.3 Å². The molecule has 2 N–H and O–H groups in total. The molecule has 4 heteroatoms. The van der Waals surface area contributed by atoms with E-state index in [0.29, 0.717) is 18.4 Å². The molecule has 1 fully saturated rings. The third kappa shape index (κ3) is 3.02. The first-order valence-electron chi connectivity index (χ1n) is 7.64. The van der Waals surface area contributed by atoms with Gasteiger partial charge < -0.3 is 15.5 Å². The van der Waals surface area contributed by atoms with Crippen LogP contribution in [-0.2, 0) is 11.2 Å². The Morgan fingerprint density at radius 2 is 2.00 bits per heavy atom. The SMILES string of the molecule is O=C(CCC1NCCc2ccccc21)N1CCNCC1. The number of hydrogen-bond acceptors (Lipinski definition) is 3. The zero-order chi connectivity index (χ0) is 13.8. The van der Waals surface area contributed by atoms with Crippen molar-refractivity contribution in [3.05, 3.63) is 35.4 Å². The lowest BCUT2D eigenvalue weighted by Gasteiger charge is -2.30. The summed E-state index contributed by atoms with van der Waals surface area (Å²) in [6.07, 6.45) is 2.64. The molecule has 108 valence electrons. The van der Waals surface area contributed by atoms with E-state index in [9.17, 15) is 4.79 Å². The lowest BCUT2D eigenvalue weighted by Crippen LogP contribution is -2.46. The molecule has 1 unspecified atom stereocenters. The van der Waals surface area contributed by atoms with Gasteiger partial charge in [-0.25, -0.2) is 0 Å².